The average Bonchev–Trinajstić information content (AvgIpc) is 3.41. The van der Waals surface area contributed by atoms with Crippen LogP contribution in [-0.4, -0.2) is 36.5 Å². The molecular weight excluding hydrogens is 343 g/mol. The molecule has 5 rings (SSSR count). The number of rotatable bonds is 4. The molecule has 2 aliphatic carbocycles. The van der Waals surface area contributed by atoms with Crippen LogP contribution in [0.4, 0.5) is 4.39 Å². The molecule has 4 aliphatic rings. The molecule has 146 valence electrons. The Bertz CT molecular complexity index is 714. The zero-order chi connectivity index (χ0) is 18.4. The molecule has 0 bridgehead atoms. The minimum Gasteiger partial charge on any atom is -0.493 e. The second-order valence-electron chi connectivity index (χ2n) is 8.95. The van der Waals surface area contributed by atoms with Crippen molar-refractivity contribution in [2.24, 2.45) is 17.8 Å². The van der Waals surface area contributed by atoms with Crippen molar-refractivity contribution in [3.05, 3.63) is 29.6 Å². The van der Waals surface area contributed by atoms with Crippen LogP contribution in [0.5, 0.6) is 5.75 Å². The molecule has 0 spiro atoms. The second kappa shape index (κ2) is 7.08. The van der Waals surface area contributed by atoms with Gasteiger partial charge in [-0.05, 0) is 49.8 Å². The lowest BCUT2D eigenvalue weighted by atomic mass is 9.84. The third kappa shape index (κ3) is 3.46. The molecule has 0 unspecified atom stereocenters. The van der Waals surface area contributed by atoms with Crippen molar-refractivity contribution in [2.75, 3.05) is 19.7 Å². The van der Waals surface area contributed by atoms with Gasteiger partial charge in [-0.1, -0.05) is 19.3 Å². The predicted octanol–water partition coefficient (Wildman–Crippen LogP) is 3.67. The highest BCUT2D eigenvalue weighted by Crippen LogP contribution is 2.49. The lowest BCUT2D eigenvalue weighted by Gasteiger charge is -2.34. The molecule has 2 heterocycles. The van der Waals surface area contributed by atoms with E-state index in [1.54, 1.807) is 12.1 Å². The van der Waals surface area contributed by atoms with Gasteiger partial charge in [-0.15, -0.1) is 0 Å². The number of fused-ring (bicyclic) bond motifs is 3. The smallest absolute Gasteiger partial charge is 0.225 e. The van der Waals surface area contributed by atoms with E-state index in [0.29, 0.717) is 12.6 Å². The summed E-state index contributed by atoms with van der Waals surface area (Å²) in [4.78, 5) is 15.6. The Morgan fingerprint density at radius 3 is 2.78 bits per heavy atom. The first kappa shape index (κ1) is 17.5. The molecule has 27 heavy (non-hydrogen) atoms. The molecular formula is C22H29FN2O2. The van der Waals surface area contributed by atoms with Crippen LogP contribution in [-0.2, 0) is 4.79 Å². The maximum absolute atomic E-state index is 14.0. The summed E-state index contributed by atoms with van der Waals surface area (Å²) in [5, 5.41) is 3.32. The highest BCUT2D eigenvalue weighted by Gasteiger charge is 2.50. The van der Waals surface area contributed by atoms with E-state index >= 15 is 0 Å². The van der Waals surface area contributed by atoms with Crippen LogP contribution in [0.3, 0.4) is 0 Å². The first-order valence-electron chi connectivity index (χ1n) is 10.7. The van der Waals surface area contributed by atoms with Gasteiger partial charge in [0.1, 0.15) is 11.6 Å². The molecule has 1 aromatic rings. The van der Waals surface area contributed by atoms with Crippen LogP contribution in [0.25, 0.3) is 0 Å². The number of nitrogens with zero attached hydrogens (tertiary/aromatic N) is 1. The third-order valence-electron chi connectivity index (χ3n) is 6.95. The minimum atomic E-state index is -0.223. The van der Waals surface area contributed by atoms with Crippen LogP contribution >= 0.6 is 0 Å². The summed E-state index contributed by atoms with van der Waals surface area (Å²) in [7, 11) is 0. The van der Waals surface area contributed by atoms with Gasteiger partial charge in [0.2, 0.25) is 5.91 Å². The van der Waals surface area contributed by atoms with Gasteiger partial charge in [0, 0.05) is 36.7 Å². The maximum atomic E-state index is 14.0. The molecule has 5 heteroatoms. The Morgan fingerprint density at radius 2 is 2.00 bits per heavy atom. The zero-order valence-corrected chi connectivity index (χ0v) is 15.8. The third-order valence-corrected chi connectivity index (χ3v) is 6.95. The highest BCUT2D eigenvalue weighted by molar-refractivity contribution is 5.80. The van der Waals surface area contributed by atoms with E-state index in [1.807, 2.05) is 0 Å². The van der Waals surface area contributed by atoms with Gasteiger partial charge in [-0.25, -0.2) is 4.39 Å². The fourth-order valence-electron chi connectivity index (χ4n) is 5.35. The number of likely N-dealkylation sites (tertiary alicyclic amines) is 1. The Hall–Kier alpha value is -1.62. The van der Waals surface area contributed by atoms with E-state index in [9.17, 15) is 9.18 Å². The highest BCUT2D eigenvalue weighted by atomic mass is 19.1. The predicted molar refractivity (Wildman–Crippen MR) is 101 cm³/mol. The van der Waals surface area contributed by atoms with E-state index in [-0.39, 0.29) is 29.6 Å². The molecule has 1 aromatic carbocycles. The normalized spacial score (nSPS) is 31.1. The quantitative estimate of drug-likeness (QED) is 0.877. The maximum Gasteiger partial charge on any atom is 0.225 e. The van der Waals surface area contributed by atoms with Crippen molar-refractivity contribution < 1.29 is 13.9 Å². The number of hydrogen-bond acceptors (Lipinski definition) is 3. The lowest BCUT2D eigenvalue weighted by Crippen LogP contribution is -2.43. The van der Waals surface area contributed by atoms with E-state index in [4.69, 9.17) is 4.74 Å². The number of benzene rings is 1. The Balaban J connectivity index is 1.38. The van der Waals surface area contributed by atoms with E-state index in [2.05, 4.69) is 10.2 Å². The van der Waals surface area contributed by atoms with E-state index < -0.39 is 0 Å². The van der Waals surface area contributed by atoms with Gasteiger partial charge in [0.25, 0.3) is 0 Å². The van der Waals surface area contributed by atoms with Crippen molar-refractivity contribution in [1.29, 1.82) is 0 Å². The Labute approximate surface area is 160 Å². The topological polar surface area (TPSA) is 41.6 Å². The van der Waals surface area contributed by atoms with Gasteiger partial charge in [-0.3, -0.25) is 9.69 Å². The van der Waals surface area contributed by atoms with E-state index in [1.165, 1.54) is 38.2 Å². The van der Waals surface area contributed by atoms with Crippen molar-refractivity contribution in [3.63, 3.8) is 0 Å². The molecule has 0 radical (unpaired) electrons. The van der Waals surface area contributed by atoms with Gasteiger partial charge in [0.15, 0.2) is 0 Å². The van der Waals surface area contributed by atoms with Crippen molar-refractivity contribution in [2.45, 2.75) is 57.0 Å². The number of carbonyl (C=O) groups excluding carboxylic acids is 1. The van der Waals surface area contributed by atoms with Crippen LogP contribution in [0.1, 0.15) is 56.6 Å². The van der Waals surface area contributed by atoms with E-state index in [0.717, 1.165) is 43.2 Å². The van der Waals surface area contributed by atoms with Crippen LogP contribution < -0.4 is 10.1 Å². The molecule has 1 saturated heterocycles. The largest absolute Gasteiger partial charge is 0.493 e. The van der Waals surface area contributed by atoms with Crippen LogP contribution in [0.2, 0.25) is 0 Å². The fraction of sp³-hybridized carbons (Fsp3) is 0.682. The summed E-state index contributed by atoms with van der Waals surface area (Å²) in [6.07, 6.45) is 8.47. The average molecular weight is 372 g/mol. The number of nitrogens with one attached hydrogen (secondary N) is 1. The Kier molecular flexibility index (Phi) is 4.58. The lowest BCUT2D eigenvalue weighted by molar-refractivity contribution is -0.127. The standard InChI is InChI=1S/C22H29FN2O2/c23-15-8-9-20-17(10-15)21-19(13-27-20)18(12-25(21)11-14-6-7-14)22(26)24-16-4-2-1-3-5-16/h8-10,14,16,18-19,21H,1-7,11-13H2,(H,24,26)/t18-,19+,21+/m1/s1. The number of carbonyl (C=O) groups is 1. The molecule has 3 atom stereocenters. The fourth-order valence-corrected chi connectivity index (χ4v) is 5.35. The minimum absolute atomic E-state index is 0.0629. The molecule has 2 saturated carbocycles. The summed E-state index contributed by atoms with van der Waals surface area (Å²) in [5.74, 6) is 1.53. The second-order valence-corrected chi connectivity index (χ2v) is 8.95. The molecule has 0 aromatic heterocycles. The van der Waals surface area contributed by atoms with Gasteiger partial charge in [-0.2, -0.15) is 0 Å². The Morgan fingerprint density at radius 1 is 1.19 bits per heavy atom. The summed E-state index contributed by atoms with van der Waals surface area (Å²) in [6.45, 7) is 2.33. The molecule has 1 amide bonds. The first-order valence-corrected chi connectivity index (χ1v) is 10.7. The summed E-state index contributed by atoms with van der Waals surface area (Å²) >= 11 is 0. The summed E-state index contributed by atoms with van der Waals surface area (Å²) < 4.78 is 19.9. The van der Waals surface area contributed by atoms with Crippen molar-refractivity contribution in [1.82, 2.24) is 10.2 Å². The molecule has 1 N–H and O–H groups in total. The monoisotopic (exact) mass is 372 g/mol. The first-order chi connectivity index (χ1) is 13.2. The van der Waals surface area contributed by atoms with Crippen LogP contribution in [0, 0.1) is 23.6 Å². The van der Waals surface area contributed by atoms with Crippen molar-refractivity contribution in [3.8, 4) is 5.75 Å². The molecule has 2 aliphatic heterocycles. The van der Waals surface area contributed by atoms with Gasteiger partial charge in [0.05, 0.1) is 12.5 Å². The summed E-state index contributed by atoms with van der Waals surface area (Å²) in [6, 6.07) is 5.26. The number of halogens is 1. The molecule has 3 fully saturated rings. The number of amides is 1. The summed E-state index contributed by atoms with van der Waals surface area (Å²) in [5.41, 5.74) is 0.930. The van der Waals surface area contributed by atoms with Gasteiger partial charge >= 0.3 is 0 Å². The number of ether oxygens (including phenoxy) is 1. The van der Waals surface area contributed by atoms with Crippen LogP contribution in [0.15, 0.2) is 18.2 Å². The molecule has 4 nitrogen and oxygen atoms in total. The van der Waals surface area contributed by atoms with Gasteiger partial charge < -0.3 is 10.1 Å². The van der Waals surface area contributed by atoms with Crippen molar-refractivity contribution >= 4 is 5.91 Å². The number of hydrogen-bond donors (Lipinski definition) is 1. The zero-order valence-electron chi connectivity index (χ0n) is 15.8. The SMILES string of the molecule is O=C(NC1CCCCC1)[C@@H]1CN(CC2CC2)[C@H]2c3cc(F)ccc3OC[C@@H]12.